The van der Waals surface area contributed by atoms with Crippen molar-refractivity contribution < 1.29 is 4.42 Å². The molecule has 4 heteroatoms. The van der Waals surface area contributed by atoms with Crippen molar-refractivity contribution >= 4 is 11.3 Å². The summed E-state index contributed by atoms with van der Waals surface area (Å²) < 4.78 is 5.40. The van der Waals surface area contributed by atoms with E-state index in [1.165, 1.54) is 15.3 Å². The minimum Gasteiger partial charge on any atom is -0.468 e. The fourth-order valence-corrected chi connectivity index (χ4v) is 2.92. The molecular weight excluding hydrogens is 244 g/mol. The first-order chi connectivity index (χ1) is 8.72. The zero-order valence-corrected chi connectivity index (χ0v) is 11.8. The number of furan rings is 1. The Morgan fingerprint density at radius 1 is 1.39 bits per heavy atom. The lowest BCUT2D eigenvalue weighted by Crippen LogP contribution is -2.22. The first-order valence-corrected chi connectivity index (χ1v) is 7.07. The summed E-state index contributed by atoms with van der Waals surface area (Å²) in [6, 6.07) is 6.19. The molecule has 2 aromatic heterocycles. The lowest BCUT2D eigenvalue weighted by atomic mass is 10.2. The van der Waals surface area contributed by atoms with Crippen LogP contribution in [0.5, 0.6) is 0 Å². The van der Waals surface area contributed by atoms with Crippen molar-refractivity contribution in [3.63, 3.8) is 0 Å². The second-order valence-electron chi connectivity index (χ2n) is 4.38. The van der Waals surface area contributed by atoms with Crippen LogP contribution in [0.25, 0.3) is 0 Å². The van der Waals surface area contributed by atoms with Crippen LogP contribution in [0.2, 0.25) is 0 Å². The maximum Gasteiger partial charge on any atom is 0.117 e. The molecule has 0 spiro atoms. The van der Waals surface area contributed by atoms with Crippen LogP contribution in [0.4, 0.5) is 0 Å². The van der Waals surface area contributed by atoms with Gasteiger partial charge in [-0.05, 0) is 37.2 Å². The lowest BCUT2D eigenvalue weighted by molar-refractivity contribution is 0.247. The molecule has 2 N–H and O–H groups in total. The highest BCUT2D eigenvalue weighted by molar-refractivity contribution is 7.12. The van der Waals surface area contributed by atoms with Gasteiger partial charge in [0.25, 0.3) is 0 Å². The highest BCUT2D eigenvalue weighted by atomic mass is 32.1. The van der Waals surface area contributed by atoms with Crippen LogP contribution in [0.15, 0.2) is 28.9 Å². The molecule has 2 rings (SSSR count). The summed E-state index contributed by atoms with van der Waals surface area (Å²) >= 11 is 1.80. The molecule has 0 aliphatic carbocycles. The van der Waals surface area contributed by atoms with Crippen LogP contribution < -0.4 is 5.73 Å². The summed E-state index contributed by atoms with van der Waals surface area (Å²) in [5.41, 5.74) is 7.07. The molecule has 2 aromatic rings. The van der Waals surface area contributed by atoms with Gasteiger partial charge in [-0.3, -0.25) is 4.90 Å². The van der Waals surface area contributed by atoms with Crippen molar-refractivity contribution in [1.82, 2.24) is 4.90 Å². The van der Waals surface area contributed by atoms with Gasteiger partial charge in [-0.2, -0.15) is 0 Å². The molecular formula is C14H20N2OS. The van der Waals surface area contributed by atoms with Crippen LogP contribution in [-0.2, 0) is 19.6 Å². The molecule has 2 heterocycles. The van der Waals surface area contributed by atoms with E-state index in [0.717, 1.165) is 25.4 Å². The molecule has 0 bridgehead atoms. The second-order valence-corrected chi connectivity index (χ2v) is 5.72. The molecule has 0 amide bonds. The summed E-state index contributed by atoms with van der Waals surface area (Å²) in [4.78, 5) is 5.00. The first-order valence-electron chi connectivity index (χ1n) is 6.26. The third kappa shape index (κ3) is 3.22. The molecule has 0 saturated carbocycles. The summed E-state index contributed by atoms with van der Waals surface area (Å²) in [5, 5.41) is 0. The Balaban J connectivity index is 2.03. The van der Waals surface area contributed by atoms with Gasteiger partial charge < -0.3 is 10.2 Å². The van der Waals surface area contributed by atoms with E-state index in [1.54, 1.807) is 17.6 Å². The van der Waals surface area contributed by atoms with Gasteiger partial charge in [0.2, 0.25) is 0 Å². The van der Waals surface area contributed by atoms with E-state index in [-0.39, 0.29) is 0 Å². The van der Waals surface area contributed by atoms with Crippen LogP contribution in [0, 0.1) is 6.92 Å². The van der Waals surface area contributed by atoms with Gasteiger partial charge >= 0.3 is 0 Å². The van der Waals surface area contributed by atoms with Crippen molar-refractivity contribution in [2.75, 3.05) is 6.54 Å². The van der Waals surface area contributed by atoms with E-state index in [2.05, 4.69) is 24.8 Å². The average molecular weight is 264 g/mol. The number of nitrogens with two attached hydrogens (primary N) is 1. The van der Waals surface area contributed by atoms with Gasteiger partial charge in [0.15, 0.2) is 0 Å². The Labute approximate surface area is 112 Å². The topological polar surface area (TPSA) is 42.4 Å². The molecule has 0 saturated heterocycles. The van der Waals surface area contributed by atoms with Gasteiger partial charge in [0.1, 0.15) is 5.76 Å². The number of hydrogen-bond donors (Lipinski definition) is 1. The van der Waals surface area contributed by atoms with Crippen molar-refractivity contribution in [1.29, 1.82) is 0 Å². The van der Waals surface area contributed by atoms with E-state index in [0.29, 0.717) is 6.54 Å². The molecule has 0 atom stereocenters. The summed E-state index contributed by atoms with van der Waals surface area (Å²) in [6.45, 7) is 7.80. The molecule has 0 aliphatic rings. The predicted octanol–water partition coefficient (Wildman–Crippen LogP) is 3.13. The van der Waals surface area contributed by atoms with Gasteiger partial charge in [-0.25, -0.2) is 0 Å². The van der Waals surface area contributed by atoms with Crippen molar-refractivity contribution in [2.45, 2.75) is 33.5 Å². The number of hydrogen-bond acceptors (Lipinski definition) is 4. The fourth-order valence-electron chi connectivity index (χ4n) is 1.99. The molecule has 98 valence electrons. The molecule has 0 unspecified atom stereocenters. The van der Waals surface area contributed by atoms with Gasteiger partial charge in [-0.1, -0.05) is 6.92 Å². The molecule has 0 aliphatic heterocycles. The largest absolute Gasteiger partial charge is 0.468 e. The summed E-state index contributed by atoms with van der Waals surface area (Å²) in [6.07, 6.45) is 1.73. The summed E-state index contributed by atoms with van der Waals surface area (Å²) in [5.74, 6) is 1.02. The standard InChI is InChI=1S/C14H20N2OS/c1-3-16(10-13-5-4-6-17-13)9-12-7-14(8-15)18-11(12)2/h4-7H,3,8-10,15H2,1-2H3. The Hall–Kier alpha value is -1.10. The molecule has 3 nitrogen and oxygen atoms in total. The van der Waals surface area contributed by atoms with Crippen molar-refractivity contribution in [3.8, 4) is 0 Å². The Kier molecular flexibility index (Phi) is 4.58. The van der Waals surface area contributed by atoms with Gasteiger partial charge in [0, 0.05) is 22.8 Å². The Morgan fingerprint density at radius 3 is 2.78 bits per heavy atom. The predicted molar refractivity (Wildman–Crippen MR) is 75.4 cm³/mol. The van der Waals surface area contributed by atoms with Crippen molar-refractivity contribution in [3.05, 3.63) is 45.5 Å². The van der Waals surface area contributed by atoms with Crippen LogP contribution >= 0.6 is 11.3 Å². The minimum absolute atomic E-state index is 0.635. The fraction of sp³-hybridized carbons (Fsp3) is 0.429. The van der Waals surface area contributed by atoms with Crippen molar-refractivity contribution in [2.24, 2.45) is 5.73 Å². The molecule has 18 heavy (non-hydrogen) atoms. The Morgan fingerprint density at radius 2 is 2.22 bits per heavy atom. The zero-order chi connectivity index (χ0) is 13.0. The van der Waals surface area contributed by atoms with E-state index in [9.17, 15) is 0 Å². The van der Waals surface area contributed by atoms with E-state index >= 15 is 0 Å². The number of aryl methyl sites for hydroxylation is 1. The van der Waals surface area contributed by atoms with Gasteiger partial charge in [-0.15, -0.1) is 11.3 Å². The smallest absolute Gasteiger partial charge is 0.117 e. The minimum atomic E-state index is 0.635. The maximum atomic E-state index is 5.69. The lowest BCUT2D eigenvalue weighted by Gasteiger charge is -2.18. The van der Waals surface area contributed by atoms with Crippen LogP contribution in [0.1, 0.15) is 28.0 Å². The Bertz CT molecular complexity index is 476. The monoisotopic (exact) mass is 264 g/mol. The average Bonchev–Trinajstić information content (AvgIpc) is 2.99. The van der Waals surface area contributed by atoms with Crippen LogP contribution in [0.3, 0.4) is 0 Å². The highest BCUT2D eigenvalue weighted by Gasteiger charge is 2.10. The van der Waals surface area contributed by atoms with E-state index in [1.807, 2.05) is 12.1 Å². The third-order valence-corrected chi connectivity index (χ3v) is 4.19. The van der Waals surface area contributed by atoms with Crippen LogP contribution in [-0.4, -0.2) is 11.4 Å². The van der Waals surface area contributed by atoms with E-state index < -0.39 is 0 Å². The highest BCUT2D eigenvalue weighted by Crippen LogP contribution is 2.23. The molecule has 0 aromatic carbocycles. The number of thiophene rings is 1. The molecule has 0 fully saturated rings. The summed E-state index contributed by atoms with van der Waals surface area (Å²) in [7, 11) is 0. The number of nitrogens with zero attached hydrogens (tertiary/aromatic N) is 1. The first kappa shape index (κ1) is 13.3. The normalized spacial score (nSPS) is 11.3. The third-order valence-electron chi connectivity index (χ3n) is 3.07. The molecule has 0 radical (unpaired) electrons. The van der Waals surface area contributed by atoms with Gasteiger partial charge in [0.05, 0.1) is 12.8 Å². The second kappa shape index (κ2) is 6.18. The number of rotatable bonds is 6. The zero-order valence-electron chi connectivity index (χ0n) is 11.0. The maximum absolute atomic E-state index is 5.69. The quantitative estimate of drug-likeness (QED) is 0.871. The van der Waals surface area contributed by atoms with E-state index in [4.69, 9.17) is 10.2 Å². The SMILES string of the molecule is CCN(Cc1ccco1)Cc1cc(CN)sc1C.